The van der Waals surface area contributed by atoms with Gasteiger partial charge in [0.1, 0.15) is 6.04 Å². The molecule has 220 valence electrons. The van der Waals surface area contributed by atoms with Crippen LogP contribution in [0.1, 0.15) is 43.4 Å². The lowest BCUT2D eigenvalue weighted by molar-refractivity contribution is -0.141. The largest absolute Gasteiger partial charge is 0.352 e. The van der Waals surface area contributed by atoms with E-state index >= 15 is 0 Å². The fourth-order valence-electron chi connectivity index (χ4n) is 4.62. The van der Waals surface area contributed by atoms with E-state index in [9.17, 15) is 18.0 Å². The number of anilines is 1. The topological polar surface area (TPSA) is 86.8 Å². The van der Waals surface area contributed by atoms with Crippen molar-refractivity contribution in [3.05, 3.63) is 99.5 Å². The minimum Gasteiger partial charge on any atom is -0.352 e. The van der Waals surface area contributed by atoms with Gasteiger partial charge in [-0.1, -0.05) is 71.7 Å². The Morgan fingerprint density at radius 2 is 1.59 bits per heavy atom. The Hall–Kier alpha value is -3.07. The van der Waals surface area contributed by atoms with Crippen LogP contribution in [0.2, 0.25) is 10.0 Å². The van der Waals surface area contributed by atoms with Gasteiger partial charge in [-0.05, 0) is 68.1 Å². The highest BCUT2D eigenvalue weighted by atomic mass is 35.5. The summed E-state index contributed by atoms with van der Waals surface area (Å²) in [5.41, 5.74) is 2.82. The summed E-state index contributed by atoms with van der Waals surface area (Å²) in [5, 5.41) is 3.95. The highest BCUT2D eigenvalue weighted by molar-refractivity contribution is 7.92. The van der Waals surface area contributed by atoms with Crippen LogP contribution in [0.15, 0.2) is 72.8 Å². The Morgan fingerprint density at radius 1 is 0.927 bits per heavy atom. The zero-order valence-corrected chi connectivity index (χ0v) is 26.1. The first-order valence-corrected chi connectivity index (χ1v) is 16.1. The number of rotatable bonds is 13. The van der Waals surface area contributed by atoms with Gasteiger partial charge in [-0.2, -0.15) is 0 Å². The number of carbonyl (C=O) groups is 2. The van der Waals surface area contributed by atoms with Crippen molar-refractivity contribution in [2.24, 2.45) is 0 Å². The van der Waals surface area contributed by atoms with Crippen LogP contribution >= 0.6 is 23.2 Å². The van der Waals surface area contributed by atoms with Crippen molar-refractivity contribution in [3.8, 4) is 0 Å². The fraction of sp³-hybridized carbons (Fsp3) is 0.355. The van der Waals surface area contributed by atoms with E-state index in [4.69, 9.17) is 23.2 Å². The average Bonchev–Trinajstić information content (AvgIpc) is 2.90. The van der Waals surface area contributed by atoms with Crippen LogP contribution in [0.4, 0.5) is 5.69 Å². The van der Waals surface area contributed by atoms with Crippen LogP contribution in [0.25, 0.3) is 0 Å². The first kappa shape index (κ1) is 32.4. The van der Waals surface area contributed by atoms with Crippen LogP contribution in [-0.4, -0.2) is 50.0 Å². The van der Waals surface area contributed by atoms with Gasteiger partial charge in [0.15, 0.2) is 0 Å². The molecule has 0 fully saturated rings. The molecule has 0 aliphatic rings. The highest BCUT2D eigenvalue weighted by Crippen LogP contribution is 2.28. The van der Waals surface area contributed by atoms with E-state index in [1.807, 2.05) is 50.2 Å². The molecule has 10 heteroatoms. The zero-order chi connectivity index (χ0) is 30.2. The van der Waals surface area contributed by atoms with Gasteiger partial charge in [0.25, 0.3) is 0 Å². The second-order valence-electron chi connectivity index (χ2n) is 10.3. The molecule has 3 aromatic rings. The summed E-state index contributed by atoms with van der Waals surface area (Å²) >= 11 is 12.5. The van der Waals surface area contributed by atoms with Gasteiger partial charge in [0, 0.05) is 42.0 Å². The second kappa shape index (κ2) is 14.7. The number of sulfonamides is 1. The monoisotopic (exact) mass is 617 g/mol. The standard InChI is InChI=1S/C31H37Cl2N3O4S/c1-22(2)34-31(38)29(20-24-11-6-5-7-12-24)35(21-25-13-8-14-26(32)19-25)30(37)17-10-18-36(41(4,39)40)28-16-9-15-27(33)23(28)3/h5-9,11-16,19,22,29H,10,17-18,20-21H2,1-4H3,(H,34,38)/t29-/m1/s1. The molecular weight excluding hydrogens is 581 g/mol. The number of benzene rings is 3. The van der Waals surface area contributed by atoms with E-state index < -0.39 is 16.1 Å². The van der Waals surface area contributed by atoms with Crippen molar-refractivity contribution in [3.63, 3.8) is 0 Å². The molecule has 2 amide bonds. The summed E-state index contributed by atoms with van der Waals surface area (Å²) in [6, 6.07) is 20.9. The lowest BCUT2D eigenvalue weighted by atomic mass is 10.0. The third-order valence-electron chi connectivity index (χ3n) is 6.60. The summed E-state index contributed by atoms with van der Waals surface area (Å²) in [6.07, 6.45) is 1.73. The number of hydrogen-bond acceptors (Lipinski definition) is 4. The second-order valence-corrected chi connectivity index (χ2v) is 13.1. The van der Waals surface area contributed by atoms with Crippen molar-refractivity contribution < 1.29 is 18.0 Å². The lowest BCUT2D eigenvalue weighted by Crippen LogP contribution is -2.51. The Morgan fingerprint density at radius 3 is 2.22 bits per heavy atom. The molecule has 0 saturated carbocycles. The number of amides is 2. The smallest absolute Gasteiger partial charge is 0.243 e. The SMILES string of the molecule is Cc1c(Cl)cccc1N(CCCC(=O)N(Cc1cccc(Cl)c1)[C@H](Cc1ccccc1)C(=O)NC(C)C)S(C)(=O)=O. The molecule has 3 aromatic carbocycles. The molecule has 1 N–H and O–H groups in total. The number of halogens is 2. The summed E-state index contributed by atoms with van der Waals surface area (Å²) in [5.74, 6) is -0.521. The molecule has 0 aliphatic heterocycles. The van der Waals surface area contributed by atoms with Gasteiger partial charge in [0.05, 0.1) is 11.9 Å². The molecule has 3 rings (SSSR count). The fourth-order valence-corrected chi connectivity index (χ4v) is 6.01. The molecule has 0 heterocycles. The zero-order valence-electron chi connectivity index (χ0n) is 23.8. The van der Waals surface area contributed by atoms with E-state index in [0.717, 1.165) is 17.4 Å². The molecule has 0 bridgehead atoms. The van der Waals surface area contributed by atoms with E-state index in [-0.39, 0.29) is 43.8 Å². The Labute approximate surface area is 253 Å². The van der Waals surface area contributed by atoms with E-state index in [2.05, 4.69) is 5.32 Å². The normalized spacial score (nSPS) is 12.2. The maximum Gasteiger partial charge on any atom is 0.243 e. The van der Waals surface area contributed by atoms with Crippen LogP contribution in [0.5, 0.6) is 0 Å². The summed E-state index contributed by atoms with van der Waals surface area (Å²) in [4.78, 5) is 28.9. The third kappa shape index (κ3) is 9.48. The summed E-state index contributed by atoms with van der Waals surface area (Å²) in [7, 11) is -3.64. The summed E-state index contributed by atoms with van der Waals surface area (Å²) < 4.78 is 26.7. The number of nitrogens with zero attached hydrogens (tertiary/aromatic N) is 2. The minimum absolute atomic E-state index is 0.0342. The van der Waals surface area contributed by atoms with Crippen molar-refractivity contribution in [1.82, 2.24) is 10.2 Å². The molecule has 0 aromatic heterocycles. The molecule has 7 nitrogen and oxygen atoms in total. The number of nitrogens with one attached hydrogen (secondary N) is 1. The number of carbonyl (C=O) groups excluding carboxylic acids is 2. The van der Waals surface area contributed by atoms with Crippen molar-refractivity contribution in [1.29, 1.82) is 0 Å². The van der Waals surface area contributed by atoms with Gasteiger partial charge in [-0.15, -0.1) is 0 Å². The van der Waals surface area contributed by atoms with Crippen LogP contribution in [-0.2, 0) is 32.6 Å². The number of hydrogen-bond donors (Lipinski definition) is 1. The van der Waals surface area contributed by atoms with E-state index in [1.54, 1.807) is 48.2 Å². The molecule has 0 radical (unpaired) electrons. The van der Waals surface area contributed by atoms with Gasteiger partial charge >= 0.3 is 0 Å². The first-order valence-electron chi connectivity index (χ1n) is 13.5. The van der Waals surface area contributed by atoms with Gasteiger partial charge in [-0.25, -0.2) is 8.42 Å². The minimum atomic E-state index is -3.64. The molecule has 0 spiro atoms. The quantitative estimate of drug-likeness (QED) is 0.254. The van der Waals surface area contributed by atoms with Crippen molar-refractivity contribution in [2.75, 3.05) is 17.1 Å². The van der Waals surface area contributed by atoms with E-state index in [1.165, 1.54) is 4.31 Å². The van der Waals surface area contributed by atoms with Crippen molar-refractivity contribution >= 4 is 50.7 Å². The summed E-state index contributed by atoms with van der Waals surface area (Å²) in [6.45, 7) is 5.76. The maximum atomic E-state index is 13.9. The van der Waals surface area contributed by atoms with Gasteiger partial charge < -0.3 is 10.2 Å². The van der Waals surface area contributed by atoms with Crippen LogP contribution in [0.3, 0.4) is 0 Å². The molecular formula is C31H37Cl2N3O4S. The lowest BCUT2D eigenvalue weighted by Gasteiger charge is -2.32. The molecule has 0 unspecified atom stereocenters. The van der Waals surface area contributed by atoms with Crippen LogP contribution in [0, 0.1) is 6.92 Å². The maximum absolute atomic E-state index is 13.9. The predicted octanol–water partition coefficient (Wildman–Crippen LogP) is 6.01. The molecule has 0 aliphatic carbocycles. The predicted molar refractivity (Wildman–Crippen MR) is 167 cm³/mol. The van der Waals surface area contributed by atoms with E-state index in [0.29, 0.717) is 27.7 Å². The Balaban J connectivity index is 1.90. The van der Waals surface area contributed by atoms with Gasteiger partial charge in [-0.3, -0.25) is 13.9 Å². The van der Waals surface area contributed by atoms with Crippen LogP contribution < -0.4 is 9.62 Å². The Bertz CT molecular complexity index is 1450. The molecule has 1 atom stereocenters. The molecule has 0 saturated heterocycles. The average molecular weight is 619 g/mol. The van der Waals surface area contributed by atoms with Gasteiger partial charge in [0.2, 0.25) is 21.8 Å². The Kier molecular flexibility index (Phi) is 11.6. The molecule has 41 heavy (non-hydrogen) atoms. The first-order chi connectivity index (χ1) is 19.4. The highest BCUT2D eigenvalue weighted by Gasteiger charge is 2.31. The third-order valence-corrected chi connectivity index (χ3v) is 8.43. The van der Waals surface area contributed by atoms with Crippen molar-refractivity contribution in [2.45, 2.75) is 58.7 Å².